The van der Waals surface area contributed by atoms with E-state index in [1.807, 2.05) is 37.3 Å². The molecular formula is C17H17FN2O. The Morgan fingerprint density at radius 1 is 1.29 bits per heavy atom. The summed E-state index contributed by atoms with van der Waals surface area (Å²) in [4.78, 5) is 12.3. The fraction of sp³-hybridized carbons (Fsp3) is 0.235. The molecule has 1 heterocycles. The predicted molar refractivity (Wildman–Crippen MR) is 80.5 cm³/mol. The quantitative estimate of drug-likeness (QED) is 0.909. The lowest BCUT2D eigenvalue weighted by atomic mass is 10.1. The highest BCUT2D eigenvalue weighted by molar-refractivity contribution is 5.87. The van der Waals surface area contributed by atoms with Crippen LogP contribution in [0.1, 0.15) is 24.1 Å². The summed E-state index contributed by atoms with van der Waals surface area (Å²) in [6.07, 6.45) is 0.678. The average Bonchev–Trinajstić information content (AvgIpc) is 2.91. The summed E-state index contributed by atoms with van der Waals surface area (Å²) in [5, 5.41) is 6.15. The third-order valence-corrected chi connectivity index (χ3v) is 3.80. The molecule has 0 fully saturated rings. The zero-order valence-electron chi connectivity index (χ0n) is 11.8. The van der Waals surface area contributed by atoms with Gasteiger partial charge in [0.15, 0.2) is 0 Å². The molecule has 2 aromatic carbocycles. The third kappa shape index (κ3) is 2.89. The summed E-state index contributed by atoms with van der Waals surface area (Å²) < 4.78 is 13.2. The van der Waals surface area contributed by atoms with Crippen LogP contribution in [0.15, 0.2) is 48.5 Å². The summed E-state index contributed by atoms with van der Waals surface area (Å²) in [7, 11) is 0. The Labute approximate surface area is 123 Å². The van der Waals surface area contributed by atoms with Gasteiger partial charge in [0.2, 0.25) is 5.91 Å². The monoisotopic (exact) mass is 284 g/mol. The second-order valence-corrected chi connectivity index (χ2v) is 5.34. The highest BCUT2D eigenvalue weighted by Gasteiger charge is 2.27. The SMILES string of the molecule is CC(NC(=O)C1Cc2ccccc2N1)c1cccc(F)c1. The lowest BCUT2D eigenvalue weighted by molar-refractivity contribution is -0.122. The van der Waals surface area contributed by atoms with Crippen LogP contribution < -0.4 is 10.6 Å². The molecule has 1 amide bonds. The lowest BCUT2D eigenvalue weighted by Crippen LogP contribution is -2.39. The number of anilines is 1. The third-order valence-electron chi connectivity index (χ3n) is 3.80. The van der Waals surface area contributed by atoms with Gasteiger partial charge in [-0.15, -0.1) is 0 Å². The Balaban J connectivity index is 1.65. The van der Waals surface area contributed by atoms with Crippen molar-refractivity contribution in [2.24, 2.45) is 0 Å². The maximum Gasteiger partial charge on any atom is 0.243 e. The Morgan fingerprint density at radius 2 is 2.10 bits per heavy atom. The van der Waals surface area contributed by atoms with Gasteiger partial charge in [0, 0.05) is 12.1 Å². The number of para-hydroxylation sites is 1. The van der Waals surface area contributed by atoms with E-state index < -0.39 is 0 Å². The Hall–Kier alpha value is -2.36. The molecule has 2 aromatic rings. The second-order valence-electron chi connectivity index (χ2n) is 5.34. The van der Waals surface area contributed by atoms with Crippen LogP contribution in [0.25, 0.3) is 0 Å². The molecule has 2 unspecified atom stereocenters. The molecule has 2 atom stereocenters. The summed E-state index contributed by atoms with van der Waals surface area (Å²) in [5.41, 5.74) is 2.92. The van der Waals surface area contributed by atoms with Gasteiger partial charge >= 0.3 is 0 Å². The minimum Gasteiger partial charge on any atom is -0.373 e. The van der Waals surface area contributed by atoms with Gasteiger partial charge < -0.3 is 10.6 Å². The van der Waals surface area contributed by atoms with E-state index in [4.69, 9.17) is 0 Å². The van der Waals surface area contributed by atoms with Gasteiger partial charge in [-0.05, 0) is 36.2 Å². The molecule has 1 aliphatic rings. The average molecular weight is 284 g/mol. The molecule has 4 heteroatoms. The van der Waals surface area contributed by atoms with Crippen LogP contribution in [0.2, 0.25) is 0 Å². The number of benzene rings is 2. The molecule has 2 N–H and O–H groups in total. The van der Waals surface area contributed by atoms with Crippen LogP contribution >= 0.6 is 0 Å². The molecule has 108 valence electrons. The molecule has 3 nitrogen and oxygen atoms in total. The number of fused-ring (bicyclic) bond motifs is 1. The van der Waals surface area contributed by atoms with Crippen molar-refractivity contribution < 1.29 is 9.18 Å². The van der Waals surface area contributed by atoms with Gasteiger partial charge in [0.25, 0.3) is 0 Å². The highest BCUT2D eigenvalue weighted by Crippen LogP contribution is 2.25. The highest BCUT2D eigenvalue weighted by atomic mass is 19.1. The Morgan fingerprint density at radius 3 is 2.86 bits per heavy atom. The van der Waals surface area contributed by atoms with E-state index in [9.17, 15) is 9.18 Å². The molecule has 0 saturated heterocycles. The van der Waals surface area contributed by atoms with Crippen LogP contribution in [0.4, 0.5) is 10.1 Å². The maximum atomic E-state index is 13.2. The zero-order valence-corrected chi connectivity index (χ0v) is 11.8. The van der Waals surface area contributed by atoms with Crippen molar-refractivity contribution in [3.05, 3.63) is 65.5 Å². The van der Waals surface area contributed by atoms with E-state index >= 15 is 0 Å². The van der Waals surface area contributed by atoms with Crippen molar-refractivity contribution in [1.29, 1.82) is 0 Å². The van der Waals surface area contributed by atoms with Crippen molar-refractivity contribution in [1.82, 2.24) is 5.32 Å². The molecular weight excluding hydrogens is 267 g/mol. The predicted octanol–water partition coefficient (Wildman–Crippen LogP) is 3.04. The fourth-order valence-electron chi connectivity index (χ4n) is 2.63. The van der Waals surface area contributed by atoms with E-state index in [1.54, 1.807) is 6.07 Å². The van der Waals surface area contributed by atoms with E-state index in [0.29, 0.717) is 6.42 Å². The largest absolute Gasteiger partial charge is 0.373 e. The first-order valence-corrected chi connectivity index (χ1v) is 7.04. The molecule has 21 heavy (non-hydrogen) atoms. The summed E-state index contributed by atoms with van der Waals surface area (Å²) in [6, 6.07) is 13.7. The molecule has 0 bridgehead atoms. The van der Waals surface area contributed by atoms with Gasteiger partial charge in [0.05, 0.1) is 6.04 Å². The number of hydrogen-bond donors (Lipinski definition) is 2. The van der Waals surface area contributed by atoms with Crippen LogP contribution in [0.5, 0.6) is 0 Å². The van der Waals surface area contributed by atoms with Gasteiger partial charge in [-0.1, -0.05) is 30.3 Å². The first-order chi connectivity index (χ1) is 10.1. The van der Waals surface area contributed by atoms with Crippen LogP contribution in [-0.2, 0) is 11.2 Å². The number of amides is 1. The number of nitrogens with one attached hydrogen (secondary N) is 2. The molecule has 0 spiro atoms. The first kappa shape index (κ1) is 13.6. The first-order valence-electron chi connectivity index (χ1n) is 7.04. The summed E-state index contributed by atoms with van der Waals surface area (Å²) in [6.45, 7) is 1.86. The number of carbonyl (C=O) groups excluding carboxylic acids is 1. The Bertz CT molecular complexity index is 646. The van der Waals surface area contributed by atoms with E-state index in [-0.39, 0.29) is 23.8 Å². The fourth-order valence-corrected chi connectivity index (χ4v) is 2.63. The van der Waals surface area contributed by atoms with E-state index in [1.165, 1.54) is 12.1 Å². The Kier molecular flexibility index (Phi) is 3.60. The normalized spacial score (nSPS) is 17.7. The topological polar surface area (TPSA) is 41.1 Å². The molecule has 3 rings (SSSR count). The standard InChI is InChI=1S/C17H17FN2O/c1-11(12-6-4-7-14(18)9-12)19-17(21)16-10-13-5-2-3-8-15(13)20-16/h2-9,11,16,20H,10H2,1H3,(H,19,21). The number of halogens is 1. The van der Waals surface area contributed by atoms with Crippen molar-refractivity contribution in [3.63, 3.8) is 0 Å². The minimum absolute atomic E-state index is 0.0667. The van der Waals surface area contributed by atoms with Gasteiger partial charge in [-0.2, -0.15) is 0 Å². The van der Waals surface area contributed by atoms with Crippen LogP contribution in [0.3, 0.4) is 0 Å². The smallest absolute Gasteiger partial charge is 0.243 e. The number of carbonyl (C=O) groups is 1. The molecule has 1 aliphatic heterocycles. The molecule has 0 aliphatic carbocycles. The van der Waals surface area contributed by atoms with E-state index in [2.05, 4.69) is 10.6 Å². The lowest BCUT2D eigenvalue weighted by Gasteiger charge is -2.18. The molecule has 0 aromatic heterocycles. The summed E-state index contributed by atoms with van der Waals surface area (Å²) in [5.74, 6) is -0.358. The van der Waals surface area contributed by atoms with Crippen molar-refractivity contribution in [2.75, 3.05) is 5.32 Å². The van der Waals surface area contributed by atoms with Crippen molar-refractivity contribution in [2.45, 2.75) is 25.4 Å². The van der Waals surface area contributed by atoms with Crippen LogP contribution in [-0.4, -0.2) is 11.9 Å². The zero-order chi connectivity index (χ0) is 14.8. The van der Waals surface area contributed by atoms with Crippen LogP contribution in [0, 0.1) is 5.82 Å². The second kappa shape index (κ2) is 5.56. The minimum atomic E-state index is -0.292. The van der Waals surface area contributed by atoms with Crippen molar-refractivity contribution >= 4 is 11.6 Å². The van der Waals surface area contributed by atoms with Gasteiger partial charge in [-0.25, -0.2) is 4.39 Å². The van der Waals surface area contributed by atoms with E-state index in [0.717, 1.165) is 16.8 Å². The number of rotatable bonds is 3. The maximum absolute atomic E-state index is 13.2. The number of hydrogen-bond acceptors (Lipinski definition) is 2. The van der Waals surface area contributed by atoms with Crippen molar-refractivity contribution in [3.8, 4) is 0 Å². The molecule has 0 radical (unpaired) electrons. The van der Waals surface area contributed by atoms with Gasteiger partial charge in [0.1, 0.15) is 11.9 Å². The molecule has 0 saturated carbocycles. The summed E-state index contributed by atoms with van der Waals surface area (Å²) >= 11 is 0. The van der Waals surface area contributed by atoms with Gasteiger partial charge in [-0.3, -0.25) is 4.79 Å².